The van der Waals surface area contributed by atoms with Crippen molar-refractivity contribution in [3.05, 3.63) is 63.2 Å². The molecule has 0 radical (unpaired) electrons. The Labute approximate surface area is 138 Å². The van der Waals surface area contributed by atoms with E-state index in [2.05, 4.69) is 0 Å². The summed E-state index contributed by atoms with van der Waals surface area (Å²) in [4.78, 5) is 10.2. The Morgan fingerprint density at radius 1 is 1.17 bits per heavy atom. The van der Waals surface area contributed by atoms with E-state index in [9.17, 15) is 18.5 Å². The minimum absolute atomic E-state index is 0.0898. The highest BCUT2D eigenvalue weighted by molar-refractivity contribution is 7.92. The number of para-hydroxylation sites is 1. The SMILES string of the molecule is O=[N+]([O-])c1cc(S(=O)(=O)N2CCCc3ccccc32)ccc1Cl. The van der Waals surface area contributed by atoms with Crippen LogP contribution in [0.2, 0.25) is 5.02 Å². The molecular weight excluding hydrogens is 340 g/mol. The van der Waals surface area contributed by atoms with Gasteiger partial charge in [-0.3, -0.25) is 14.4 Å². The van der Waals surface area contributed by atoms with Crippen LogP contribution < -0.4 is 4.31 Å². The molecule has 0 saturated carbocycles. The van der Waals surface area contributed by atoms with Crippen molar-refractivity contribution in [3.8, 4) is 0 Å². The largest absolute Gasteiger partial charge is 0.289 e. The molecule has 0 saturated heterocycles. The van der Waals surface area contributed by atoms with Gasteiger partial charge < -0.3 is 0 Å². The molecule has 0 aromatic heterocycles. The van der Waals surface area contributed by atoms with Crippen molar-refractivity contribution in [2.75, 3.05) is 10.8 Å². The van der Waals surface area contributed by atoms with E-state index in [1.54, 1.807) is 12.1 Å². The van der Waals surface area contributed by atoms with Gasteiger partial charge in [0.2, 0.25) is 0 Å². The first kappa shape index (κ1) is 15.8. The Bertz CT molecular complexity index is 883. The Kier molecular flexibility index (Phi) is 3.99. The van der Waals surface area contributed by atoms with Gasteiger partial charge in [0.15, 0.2) is 0 Å². The number of anilines is 1. The fourth-order valence-corrected chi connectivity index (χ4v) is 4.42. The molecule has 0 fully saturated rings. The van der Waals surface area contributed by atoms with Crippen LogP contribution in [0.3, 0.4) is 0 Å². The van der Waals surface area contributed by atoms with Crippen LogP contribution in [0.4, 0.5) is 11.4 Å². The van der Waals surface area contributed by atoms with Gasteiger partial charge in [0.05, 0.1) is 15.5 Å². The number of nitro benzene ring substituents is 1. The molecule has 0 amide bonds. The predicted molar refractivity (Wildman–Crippen MR) is 87.4 cm³/mol. The van der Waals surface area contributed by atoms with Crippen LogP contribution in [0, 0.1) is 10.1 Å². The Morgan fingerprint density at radius 2 is 1.91 bits per heavy atom. The topological polar surface area (TPSA) is 80.5 Å². The fraction of sp³-hybridized carbons (Fsp3) is 0.200. The van der Waals surface area contributed by atoms with Crippen LogP contribution >= 0.6 is 11.6 Å². The lowest BCUT2D eigenvalue weighted by molar-refractivity contribution is -0.384. The highest BCUT2D eigenvalue weighted by atomic mass is 35.5. The third-order valence-electron chi connectivity index (χ3n) is 3.77. The average Bonchev–Trinajstić information content (AvgIpc) is 2.54. The molecule has 0 aliphatic carbocycles. The van der Waals surface area contributed by atoms with Gasteiger partial charge >= 0.3 is 0 Å². The fourth-order valence-electron chi connectivity index (χ4n) is 2.67. The minimum atomic E-state index is -3.88. The minimum Gasteiger partial charge on any atom is -0.266 e. The van der Waals surface area contributed by atoms with Crippen molar-refractivity contribution in [2.45, 2.75) is 17.7 Å². The van der Waals surface area contributed by atoms with Crippen LogP contribution in [-0.2, 0) is 16.4 Å². The molecule has 2 aromatic rings. The van der Waals surface area contributed by atoms with Gasteiger partial charge in [0, 0.05) is 12.6 Å². The van der Waals surface area contributed by atoms with Gasteiger partial charge in [-0.15, -0.1) is 0 Å². The molecule has 0 bridgehead atoms. The monoisotopic (exact) mass is 352 g/mol. The first-order chi connectivity index (χ1) is 10.9. The molecule has 3 rings (SSSR count). The third kappa shape index (κ3) is 2.77. The summed E-state index contributed by atoms with van der Waals surface area (Å²) in [6.07, 6.45) is 1.51. The normalized spacial score (nSPS) is 14.4. The number of hydrogen-bond acceptors (Lipinski definition) is 4. The van der Waals surface area contributed by atoms with Crippen molar-refractivity contribution in [3.63, 3.8) is 0 Å². The average molecular weight is 353 g/mol. The zero-order valence-corrected chi connectivity index (χ0v) is 13.5. The summed E-state index contributed by atoms with van der Waals surface area (Å²) in [5.41, 5.74) is 1.15. The van der Waals surface area contributed by atoms with Gasteiger partial charge in [-0.25, -0.2) is 8.42 Å². The molecule has 1 aliphatic heterocycles. The van der Waals surface area contributed by atoms with Crippen LogP contribution in [-0.4, -0.2) is 19.9 Å². The number of hydrogen-bond donors (Lipinski definition) is 0. The first-order valence-electron chi connectivity index (χ1n) is 6.96. The number of benzene rings is 2. The molecule has 0 spiro atoms. The number of fused-ring (bicyclic) bond motifs is 1. The van der Waals surface area contributed by atoms with E-state index >= 15 is 0 Å². The maximum atomic E-state index is 12.9. The summed E-state index contributed by atoms with van der Waals surface area (Å²) in [5, 5.41) is 10.9. The molecule has 6 nitrogen and oxygen atoms in total. The Balaban J connectivity index is 2.10. The predicted octanol–water partition coefficient (Wildman–Crippen LogP) is 3.39. The zero-order valence-electron chi connectivity index (χ0n) is 12.0. The molecule has 1 aliphatic rings. The summed E-state index contributed by atoms with van der Waals surface area (Å²) in [7, 11) is -3.88. The molecule has 1 heterocycles. The second-order valence-corrected chi connectivity index (χ2v) is 7.45. The van der Waals surface area contributed by atoms with Crippen LogP contribution in [0.5, 0.6) is 0 Å². The van der Waals surface area contributed by atoms with E-state index in [1.165, 1.54) is 16.4 Å². The summed E-state index contributed by atoms with van der Waals surface area (Å²) >= 11 is 5.76. The highest BCUT2D eigenvalue weighted by Crippen LogP contribution is 2.34. The molecule has 0 atom stereocenters. The van der Waals surface area contributed by atoms with Gasteiger partial charge in [0.25, 0.3) is 15.7 Å². The molecule has 23 heavy (non-hydrogen) atoms. The van der Waals surface area contributed by atoms with E-state index in [4.69, 9.17) is 11.6 Å². The molecule has 0 unspecified atom stereocenters. The number of halogens is 1. The molecule has 120 valence electrons. The first-order valence-corrected chi connectivity index (χ1v) is 8.77. The number of nitrogens with zero attached hydrogens (tertiary/aromatic N) is 2. The van der Waals surface area contributed by atoms with Crippen molar-refractivity contribution >= 4 is 33.0 Å². The van der Waals surface area contributed by atoms with Crippen LogP contribution in [0.25, 0.3) is 0 Å². The third-order valence-corrected chi connectivity index (χ3v) is 5.90. The maximum absolute atomic E-state index is 12.9. The van der Waals surface area contributed by atoms with Gasteiger partial charge in [-0.05, 0) is 36.6 Å². The van der Waals surface area contributed by atoms with Crippen LogP contribution in [0.1, 0.15) is 12.0 Å². The molecular formula is C15H13ClN2O4S. The van der Waals surface area contributed by atoms with E-state index in [0.29, 0.717) is 18.7 Å². The number of sulfonamides is 1. The smallest absolute Gasteiger partial charge is 0.266 e. The molecule has 0 N–H and O–H groups in total. The summed E-state index contributed by atoms with van der Waals surface area (Å²) < 4.78 is 27.1. The maximum Gasteiger partial charge on any atom is 0.289 e. The molecule has 8 heteroatoms. The number of rotatable bonds is 3. The standard InChI is InChI=1S/C15H13ClN2O4S/c16-13-8-7-12(10-15(13)18(19)20)23(21,22)17-9-3-5-11-4-1-2-6-14(11)17/h1-2,4,6-8,10H,3,5,9H2. The van der Waals surface area contributed by atoms with E-state index in [-0.39, 0.29) is 9.92 Å². The highest BCUT2D eigenvalue weighted by Gasteiger charge is 2.30. The molecule has 2 aromatic carbocycles. The number of aryl methyl sites for hydroxylation is 1. The van der Waals surface area contributed by atoms with Crippen molar-refractivity contribution in [1.82, 2.24) is 0 Å². The quantitative estimate of drug-likeness (QED) is 0.626. The second-order valence-electron chi connectivity index (χ2n) is 5.18. The van der Waals surface area contributed by atoms with Gasteiger partial charge in [0.1, 0.15) is 5.02 Å². The number of nitro groups is 1. The van der Waals surface area contributed by atoms with Crippen molar-refractivity contribution < 1.29 is 13.3 Å². The van der Waals surface area contributed by atoms with Crippen molar-refractivity contribution in [2.24, 2.45) is 0 Å². The lowest BCUT2D eigenvalue weighted by Gasteiger charge is -2.30. The summed E-state index contributed by atoms with van der Waals surface area (Å²) in [6.45, 7) is 0.343. The van der Waals surface area contributed by atoms with Crippen LogP contribution in [0.15, 0.2) is 47.4 Å². The van der Waals surface area contributed by atoms with Crippen molar-refractivity contribution in [1.29, 1.82) is 0 Å². The van der Waals surface area contributed by atoms with Gasteiger partial charge in [-0.1, -0.05) is 29.8 Å². The second kappa shape index (κ2) is 5.82. The Hall–Kier alpha value is -2.12. The van der Waals surface area contributed by atoms with E-state index in [0.717, 1.165) is 18.1 Å². The van der Waals surface area contributed by atoms with E-state index in [1.807, 2.05) is 12.1 Å². The Morgan fingerprint density at radius 3 is 2.65 bits per heavy atom. The summed E-state index contributed by atoms with van der Waals surface area (Å²) in [6, 6.07) is 10.8. The van der Waals surface area contributed by atoms with Gasteiger partial charge in [-0.2, -0.15) is 0 Å². The van der Waals surface area contributed by atoms with E-state index < -0.39 is 20.6 Å². The lowest BCUT2D eigenvalue weighted by Crippen LogP contribution is -2.35. The zero-order chi connectivity index (χ0) is 16.6. The summed E-state index contributed by atoms with van der Waals surface area (Å²) in [5.74, 6) is 0. The lowest BCUT2D eigenvalue weighted by atomic mass is 10.0.